The Morgan fingerprint density at radius 1 is 1.20 bits per heavy atom. The van der Waals surface area contributed by atoms with Crippen molar-refractivity contribution in [1.29, 1.82) is 0 Å². The topological polar surface area (TPSA) is 269 Å². The molecule has 4 atom stereocenters. The smallest absolute Gasteiger partial charge is 0.362 e. The molecule has 41 heavy (non-hydrogen) atoms. The molecule has 0 unspecified atom stereocenters. The Balaban J connectivity index is 1.33. The molecule has 1 amide bonds. The SMILES string of the molecule is COC(=O)c1cn(-c2nc(N)c3ncn([C@@H]4O[C@H](COS(=O)(=O)NC(=O)c5ccccc5O)[C@@H](O)[C@H]4O)c3n2)nn1. The molecule has 1 aliphatic heterocycles. The van der Waals surface area contributed by atoms with Gasteiger partial charge in [0.2, 0.25) is 0 Å². The number of phenolic OH excluding ortho intramolecular Hbond substituents is 1. The van der Waals surface area contributed by atoms with Crippen LogP contribution in [0.1, 0.15) is 27.1 Å². The molecule has 0 aliphatic carbocycles. The van der Waals surface area contributed by atoms with Gasteiger partial charge in [-0.15, -0.1) is 5.10 Å². The number of nitrogens with zero attached hydrogens (tertiary/aromatic N) is 7. The summed E-state index contributed by atoms with van der Waals surface area (Å²) >= 11 is 0. The van der Waals surface area contributed by atoms with Gasteiger partial charge in [0.05, 0.1) is 31.8 Å². The lowest BCUT2D eigenvalue weighted by molar-refractivity contribution is -0.0468. The first kappa shape index (κ1) is 27.8. The third kappa shape index (κ3) is 5.36. The van der Waals surface area contributed by atoms with Gasteiger partial charge in [0.25, 0.3) is 11.9 Å². The molecule has 20 heteroatoms. The fourth-order valence-corrected chi connectivity index (χ4v) is 4.60. The van der Waals surface area contributed by atoms with Crippen LogP contribution in [0.4, 0.5) is 5.82 Å². The number of para-hydroxylation sites is 1. The Bertz CT molecular complexity index is 1740. The van der Waals surface area contributed by atoms with Crippen LogP contribution in [0.3, 0.4) is 0 Å². The number of methoxy groups -OCH3 is 1. The van der Waals surface area contributed by atoms with Gasteiger partial charge >= 0.3 is 16.3 Å². The molecule has 3 aromatic heterocycles. The first-order chi connectivity index (χ1) is 19.5. The van der Waals surface area contributed by atoms with Crippen LogP contribution < -0.4 is 10.5 Å². The fraction of sp³-hybridized carbons (Fsp3) is 0.286. The first-order valence-corrected chi connectivity index (χ1v) is 12.9. The van der Waals surface area contributed by atoms with Crippen LogP contribution in [0.5, 0.6) is 5.75 Å². The number of amides is 1. The number of aromatic hydroxyl groups is 1. The van der Waals surface area contributed by atoms with Gasteiger partial charge in [0, 0.05) is 0 Å². The second-order valence-electron chi connectivity index (χ2n) is 8.51. The Morgan fingerprint density at radius 2 is 1.95 bits per heavy atom. The number of phenols is 1. The predicted molar refractivity (Wildman–Crippen MR) is 132 cm³/mol. The van der Waals surface area contributed by atoms with Crippen LogP contribution in [0, 0.1) is 0 Å². The molecule has 4 heterocycles. The molecule has 1 aromatic carbocycles. The summed E-state index contributed by atoms with van der Waals surface area (Å²) in [5, 5.41) is 38.4. The molecule has 216 valence electrons. The summed E-state index contributed by atoms with van der Waals surface area (Å²) in [4.78, 5) is 36.4. The van der Waals surface area contributed by atoms with Crippen molar-refractivity contribution >= 4 is 39.2 Å². The van der Waals surface area contributed by atoms with E-state index in [1.54, 1.807) is 4.72 Å². The van der Waals surface area contributed by atoms with E-state index in [2.05, 4.69) is 30.0 Å². The number of anilines is 1. The van der Waals surface area contributed by atoms with E-state index in [-0.39, 0.29) is 34.2 Å². The number of aliphatic hydroxyl groups excluding tert-OH is 2. The Hall–Kier alpha value is -4.76. The van der Waals surface area contributed by atoms with Crippen molar-refractivity contribution < 1.29 is 47.0 Å². The Labute approximate surface area is 229 Å². The van der Waals surface area contributed by atoms with E-state index in [0.717, 1.165) is 4.68 Å². The molecule has 0 bridgehead atoms. The average Bonchev–Trinajstić information content (AvgIpc) is 3.66. The van der Waals surface area contributed by atoms with E-state index < -0.39 is 59.1 Å². The molecule has 1 fully saturated rings. The van der Waals surface area contributed by atoms with Crippen LogP contribution in [0.25, 0.3) is 17.1 Å². The van der Waals surface area contributed by atoms with Gasteiger partial charge in [-0.05, 0) is 12.1 Å². The highest BCUT2D eigenvalue weighted by atomic mass is 32.2. The molecule has 19 nitrogen and oxygen atoms in total. The summed E-state index contributed by atoms with van der Waals surface area (Å²) in [7, 11) is -3.55. The number of nitrogens with two attached hydrogens (primary N) is 1. The van der Waals surface area contributed by atoms with Crippen molar-refractivity contribution in [2.45, 2.75) is 24.5 Å². The number of aliphatic hydroxyl groups is 2. The maximum atomic E-state index is 12.3. The van der Waals surface area contributed by atoms with Gasteiger partial charge in [-0.25, -0.2) is 14.5 Å². The standard InChI is InChI=1S/C21H21N9O10S/c1-38-20(35)10-6-30(28-26-10)21-24-16(22)13-17(25-21)29(8-23-13)19-15(33)14(32)12(40-19)7-39-41(36,37)27-18(34)9-4-2-3-5-11(9)31/h2-6,8,12,14-15,19,31-33H,7H2,1H3,(H,27,34)(H2,22,24,25)/t12-,14-,15-,19-/m1/s1. The first-order valence-electron chi connectivity index (χ1n) is 11.5. The number of nitrogens with one attached hydrogen (secondary N) is 1. The van der Waals surface area contributed by atoms with Crippen LogP contribution in [-0.2, 0) is 24.0 Å². The minimum absolute atomic E-state index is 0.0305. The van der Waals surface area contributed by atoms with E-state index in [1.165, 1.54) is 48.5 Å². The van der Waals surface area contributed by atoms with Crippen LogP contribution in [0.2, 0.25) is 0 Å². The van der Waals surface area contributed by atoms with E-state index in [0.29, 0.717) is 0 Å². The minimum atomic E-state index is -4.72. The van der Waals surface area contributed by atoms with E-state index in [4.69, 9.17) is 14.7 Å². The maximum absolute atomic E-state index is 12.3. The Morgan fingerprint density at radius 3 is 2.68 bits per heavy atom. The summed E-state index contributed by atoms with van der Waals surface area (Å²) < 4.78 is 43.5. The minimum Gasteiger partial charge on any atom is -0.507 e. The summed E-state index contributed by atoms with van der Waals surface area (Å²) in [6.45, 7) is -0.803. The highest BCUT2D eigenvalue weighted by Crippen LogP contribution is 2.32. The number of fused-ring (bicyclic) bond motifs is 1. The molecule has 1 saturated heterocycles. The van der Waals surface area contributed by atoms with Crippen LogP contribution in [0.15, 0.2) is 36.8 Å². The van der Waals surface area contributed by atoms with E-state index in [1.807, 2.05) is 0 Å². The van der Waals surface area contributed by atoms with Gasteiger partial charge < -0.3 is 30.5 Å². The van der Waals surface area contributed by atoms with Crippen LogP contribution >= 0.6 is 0 Å². The molecule has 1 aliphatic rings. The molecule has 0 radical (unpaired) electrons. The largest absolute Gasteiger partial charge is 0.507 e. The summed E-state index contributed by atoms with van der Waals surface area (Å²) in [6, 6.07) is 5.25. The number of nitrogen functional groups attached to an aromatic ring is 1. The van der Waals surface area contributed by atoms with Crippen molar-refractivity contribution in [2.75, 3.05) is 19.5 Å². The molecule has 0 saturated carbocycles. The molecule has 5 rings (SSSR count). The Kier molecular flexibility index (Phi) is 7.23. The zero-order valence-electron chi connectivity index (χ0n) is 20.8. The molecule has 0 spiro atoms. The van der Waals surface area contributed by atoms with Crippen molar-refractivity contribution in [1.82, 2.24) is 39.2 Å². The predicted octanol–water partition coefficient (Wildman–Crippen LogP) is -2.21. The number of hydrogen-bond donors (Lipinski definition) is 5. The number of carbonyl (C=O) groups excluding carboxylic acids is 2. The number of ether oxygens (including phenoxy) is 2. The lowest BCUT2D eigenvalue weighted by Gasteiger charge is -2.16. The molecular formula is C21H21N9O10S. The van der Waals surface area contributed by atoms with Crippen molar-refractivity contribution in [2.24, 2.45) is 0 Å². The summed E-state index contributed by atoms with van der Waals surface area (Å²) in [5.74, 6) is -2.58. The van der Waals surface area contributed by atoms with Crippen molar-refractivity contribution in [3.05, 3.63) is 48.0 Å². The molecular weight excluding hydrogens is 570 g/mol. The third-order valence-electron chi connectivity index (χ3n) is 5.89. The lowest BCUT2D eigenvalue weighted by atomic mass is 10.1. The monoisotopic (exact) mass is 591 g/mol. The molecule has 4 aromatic rings. The average molecular weight is 592 g/mol. The molecule has 6 N–H and O–H groups in total. The second-order valence-corrected chi connectivity index (χ2v) is 9.85. The summed E-state index contributed by atoms with van der Waals surface area (Å²) in [6.07, 6.45) is -3.58. The highest BCUT2D eigenvalue weighted by molar-refractivity contribution is 7.85. The fourth-order valence-electron chi connectivity index (χ4n) is 3.89. The third-order valence-corrected chi connectivity index (χ3v) is 6.78. The van der Waals surface area contributed by atoms with Crippen molar-refractivity contribution in [3.8, 4) is 11.7 Å². The highest BCUT2D eigenvalue weighted by Gasteiger charge is 2.45. The van der Waals surface area contributed by atoms with E-state index >= 15 is 0 Å². The quantitative estimate of drug-likeness (QED) is 0.136. The van der Waals surface area contributed by atoms with Crippen LogP contribution in [-0.4, -0.2) is 102 Å². The number of esters is 1. The normalized spacial score (nSPS) is 20.8. The van der Waals surface area contributed by atoms with Gasteiger partial charge in [-0.3, -0.25) is 13.5 Å². The zero-order chi connectivity index (χ0) is 29.5. The van der Waals surface area contributed by atoms with E-state index in [9.17, 15) is 33.3 Å². The van der Waals surface area contributed by atoms with Gasteiger partial charge in [-0.2, -0.15) is 23.1 Å². The lowest BCUT2D eigenvalue weighted by Crippen LogP contribution is -2.37. The number of imidazole rings is 1. The number of benzene rings is 1. The number of rotatable bonds is 8. The number of carbonyl (C=O) groups is 2. The maximum Gasteiger partial charge on any atom is 0.362 e. The number of aromatic nitrogens is 7. The van der Waals surface area contributed by atoms with Gasteiger partial charge in [0.1, 0.15) is 29.6 Å². The van der Waals surface area contributed by atoms with Crippen molar-refractivity contribution in [3.63, 3.8) is 0 Å². The summed E-state index contributed by atoms with van der Waals surface area (Å²) in [5.41, 5.74) is 5.69. The second kappa shape index (κ2) is 10.7. The zero-order valence-corrected chi connectivity index (χ0v) is 21.6. The number of hydrogen-bond acceptors (Lipinski definition) is 16. The van der Waals surface area contributed by atoms with Gasteiger partial charge in [-0.1, -0.05) is 17.3 Å². The van der Waals surface area contributed by atoms with Gasteiger partial charge in [0.15, 0.2) is 23.4 Å².